The number of aryl methyl sites for hydroxylation is 1. The number of hydrogen-bond acceptors (Lipinski definition) is 3. The first-order valence-electron chi connectivity index (χ1n) is 5.07. The lowest BCUT2D eigenvalue weighted by molar-refractivity contribution is -0.169. The molecule has 1 rings (SSSR count). The quantitative estimate of drug-likeness (QED) is 0.747. The van der Waals surface area contributed by atoms with E-state index in [1.54, 1.807) is 11.4 Å². The smallest absolute Gasteiger partial charge is 0.382 e. The van der Waals surface area contributed by atoms with Crippen molar-refractivity contribution in [1.29, 1.82) is 0 Å². The van der Waals surface area contributed by atoms with E-state index in [1.807, 2.05) is 6.92 Å². The molecule has 0 spiro atoms. The maximum atomic E-state index is 13.6. The molecule has 0 amide bonds. The SMILES string of the molecule is CCCCc1ccsc1C(F)(F)C(=O)OC. The van der Waals surface area contributed by atoms with E-state index in [4.69, 9.17) is 0 Å². The largest absolute Gasteiger partial charge is 0.464 e. The number of ether oxygens (including phenoxy) is 1. The third-order valence-corrected chi connectivity index (χ3v) is 3.30. The molecule has 0 bridgehead atoms. The van der Waals surface area contributed by atoms with Gasteiger partial charge in [0.15, 0.2) is 0 Å². The zero-order chi connectivity index (χ0) is 12.2. The first kappa shape index (κ1) is 13.1. The van der Waals surface area contributed by atoms with E-state index in [9.17, 15) is 13.6 Å². The van der Waals surface area contributed by atoms with Gasteiger partial charge in [-0.2, -0.15) is 8.78 Å². The number of hydrogen-bond donors (Lipinski definition) is 0. The van der Waals surface area contributed by atoms with Crippen molar-refractivity contribution >= 4 is 17.3 Å². The van der Waals surface area contributed by atoms with Crippen molar-refractivity contribution in [2.75, 3.05) is 7.11 Å². The third kappa shape index (κ3) is 2.58. The van der Waals surface area contributed by atoms with E-state index < -0.39 is 11.9 Å². The summed E-state index contributed by atoms with van der Waals surface area (Å²) in [6.45, 7) is 1.99. The highest BCUT2D eigenvalue weighted by Gasteiger charge is 2.44. The van der Waals surface area contributed by atoms with Gasteiger partial charge in [0.1, 0.15) is 0 Å². The first-order valence-corrected chi connectivity index (χ1v) is 5.95. The number of esters is 1. The van der Waals surface area contributed by atoms with Crippen LogP contribution < -0.4 is 0 Å². The fourth-order valence-electron chi connectivity index (χ4n) is 1.40. The molecule has 0 atom stereocenters. The number of unbranched alkanes of at least 4 members (excludes halogenated alkanes) is 1. The Hall–Kier alpha value is -0.970. The summed E-state index contributed by atoms with van der Waals surface area (Å²) in [6, 6.07) is 1.65. The minimum Gasteiger partial charge on any atom is -0.464 e. The lowest BCUT2D eigenvalue weighted by Gasteiger charge is -2.13. The molecule has 5 heteroatoms. The predicted molar refractivity (Wildman–Crippen MR) is 58.8 cm³/mol. The second-order valence-corrected chi connectivity index (χ2v) is 4.36. The molecule has 0 aliphatic rings. The summed E-state index contributed by atoms with van der Waals surface area (Å²) in [6.07, 6.45) is 2.34. The van der Waals surface area contributed by atoms with Crippen molar-refractivity contribution in [3.05, 3.63) is 21.9 Å². The molecule has 1 aromatic rings. The van der Waals surface area contributed by atoms with E-state index in [0.717, 1.165) is 31.3 Å². The van der Waals surface area contributed by atoms with Crippen LogP contribution >= 0.6 is 11.3 Å². The number of methoxy groups -OCH3 is 1. The minimum absolute atomic E-state index is 0.187. The predicted octanol–water partition coefficient (Wildman–Crippen LogP) is 3.36. The molecule has 1 heterocycles. The topological polar surface area (TPSA) is 26.3 Å². The Morgan fingerprint density at radius 2 is 2.25 bits per heavy atom. The standard InChI is InChI=1S/C11H14F2O2S/c1-3-4-5-8-6-7-16-9(8)11(12,13)10(14)15-2/h6-7H,3-5H2,1-2H3. The summed E-state index contributed by atoms with van der Waals surface area (Å²) < 4.78 is 31.3. The number of halogens is 2. The van der Waals surface area contributed by atoms with Gasteiger partial charge < -0.3 is 4.74 Å². The van der Waals surface area contributed by atoms with E-state index in [-0.39, 0.29) is 4.88 Å². The van der Waals surface area contributed by atoms with Crippen molar-refractivity contribution in [2.24, 2.45) is 0 Å². The molecule has 0 aliphatic carbocycles. The average molecular weight is 248 g/mol. The average Bonchev–Trinajstić information content (AvgIpc) is 2.73. The van der Waals surface area contributed by atoms with Crippen LogP contribution in [0, 0.1) is 0 Å². The van der Waals surface area contributed by atoms with E-state index >= 15 is 0 Å². The Bertz CT molecular complexity index is 361. The summed E-state index contributed by atoms with van der Waals surface area (Å²) in [4.78, 5) is 10.8. The van der Waals surface area contributed by atoms with Crippen LogP contribution in [0.3, 0.4) is 0 Å². The van der Waals surface area contributed by atoms with Gasteiger partial charge in [-0.3, -0.25) is 0 Å². The minimum atomic E-state index is -3.52. The van der Waals surface area contributed by atoms with Gasteiger partial charge in [0.2, 0.25) is 0 Å². The Labute approximate surface area is 97.2 Å². The highest BCUT2D eigenvalue weighted by atomic mass is 32.1. The van der Waals surface area contributed by atoms with Crippen LogP contribution in [0.4, 0.5) is 8.78 Å². The summed E-state index contributed by atoms with van der Waals surface area (Å²) >= 11 is 0.900. The Kier molecular flexibility index (Phi) is 4.41. The van der Waals surface area contributed by atoms with Gasteiger partial charge in [0, 0.05) is 0 Å². The number of thiophene rings is 1. The lowest BCUT2D eigenvalue weighted by Crippen LogP contribution is -2.27. The lowest BCUT2D eigenvalue weighted by atomic mass is 10.1. The highest BCUT2D eigenvalue weighted by Crippen LogP contribution is 2.36. The molecule has 0 saturated heterocycles. The van der Waals surface area contributed by atoms with Gasteiger partial charge in [0.25, 0.3) is 0 Å². The maximum absolute atomic E-state index is 13.6. The second-order valence-electron chi connectivity index (χ2n) is 3.44. The fourth-order valence-corrected chi connectivity index (χ4v) is 2.32. The van der Waals surface area contributed by atoms with Crippen molar-refractivity contribution in [1.82, 2.24) is 0 Å². The Balaban J connectivity index is 2.94. The van der Waals surface area contributed by atoms with Crippen LogP contribution in [-0.2, 0) is 21.9 Å². The molecule has 0 radical (unpaired) electrons. The maximum Gasteiger partial charge on any atom is 0.382 e. The zero-order valence-corrected chi connectivity index (χ0v) is 10.1. The molecular formula is C11H14F2O2S. The summed E-state index contributed by atoms with van der Waals surface area (Å²) in [5.74, 6) is -5.01. The van der Waals surface area contributed by atoms with E-state index in [1.165, 1.54) is 0 Å². The van der Waals surface area contributed by atoms with Crippen molar-refractivity contribution in [3.63, 3.8) is 0 Å². The van der Waals surface area contributed by atoms with Gasteiger partial charge in [-0.25, -0.2) is 4.79 Å². The van der Waals surface area contributed by atoms with Crippen LogP contribution in [0.25, 0.3) is 0 Å². The van der Waals surface area contributed by atoms with Crippen molar-refractivity contribution in [3.8, 4) is 0 Å². The van der Waals surface area contributed by atoms with Crippen LogP contribution in [0.2, 0.25) is 0 Å². The molecule has 0 unspecified atom stereocenters. The summed E-state index contributed by atoms with van der Waals surface area (Å²) in [7, 11) is 0.968. The molecule has 0 fully saturated rings. The van der Waals surface area contributed by atoms with Crippen LogP contribution in [-0.4, -0.2) is 13.1 Å². The van der Waals surface area contributed by atoms with Crippen LogP contribution in [0.5, 0.6) is 0 Å². The number of alkyl halides is 2. The molecule has 16 heavy (non-hydrogen) atoms. The zero-order valence-electron chi connectivity index (χ0n) is 9.26. The number of carbonyl (C=O) groups excluding carboxylic acids is 1. The first-order chi connectivity index (χ1) is 7.54. The third-order valence-electron chi connectivity index (χ3n) is 2.27. The van der Waals surface area contributed by atoms with E-state index in [0.29, 0.717) is 12.0 Å². The van der Waals surface area contributed by atoms with Gasteiger partial charge in [0.05, 0.1) is 12.0 Å². The summed E-state index contributed by atoms with van der Waals surface area (Å²) in [5.41, 5.74) is 0.544. The molecule has 0 saturated carbocycles. The van der Waals surface area contributed by atoms with Crippen LogP contribution in [0.1, 0.15) is 30.2 Å². The molecule has 0 N–H and O–H groups in total. The van der Waals surface area contributed by atoms with Crippen molar-refractivity contribution < 1.29 is 18.3 Å². The molecule has 2 nitrogen and oxygen atoms in total. The second kappa shape index (κ2) is 5.39. The number of rotatable bonds is 5. The molecule has 0 aromatic carbocycles. The monoisotopic (exact) mass is 248 g/mol. The van der Waals surface area contributed by atoms with Gasteiger partial charge in [-0.15, -0.1) is 11.3 Å². The normalized spacial score (nSPS) is 11.5. The molecular weight excluding hydrogens is 234 g/mol. The number of carbonyl (C=O) groups is 1. The summed E-state index contributed by atoms with van der Waals surface area (Å²) in [5, 5.41) is 1.58. The molecule has 1 aromatic heterocycles. The Morgan fingerprint density at radius 3 is 2.81 bits per heavy atom. The molecule has 90 valence electrons. The van der Waals surface area contributed by atoms with Gasteiger partial charge in [-0.05, 0) is 29.9 Å². The van der Waals surface area contributed by atoms with Crippen LogP contribution in [0.15, 0.2) is 11.4 Å². The fraction of sp³-hybridized carbons (Fsp3) is 0.545. The molecule has 0 aliphatic heterocycles. The van der Waals surface area contributed by atoms with Crippen molar-refractivity contribution in [2.45, 2.75) is 32.1 Å². The van der Waals surface area contributed by atoms with Gasteiger partial charge >= 0.3 is 11.9 Å². The van der Waals surface area contributed by atoms with E-state index in [2.05, 4.69) is 4.74 Å². The highest BCUT2D eigenvalue weighted by molar-refractivity contribution is 7.10. The Morgan fingerprint density at radius 1 is 1.56 bits per heavy atom. The van der Waals surface area contributed by atoms with Gasteiger partial charge in [-0.1, -0.05) is 13.3 Å².